The molecule has 0 saturated carbocycles. The van der Waals surface area contributed by atoms with Crippen molar-refractivity contribution >= 4 is 5.97 Å². The fourth-order valence-electron chi connectivity index (χ4n) is 2.68. The van der Waals surface area contributed by atoms with Crippen LogP contribution in [-0.4, -0.2) is 45.9 Å². The molecule has 0 amide bonds. The number of hydrogen-bond donors (Lipinski definition) is 1. The molecule has 0 aliphatic heterocycles. The molecule has 0 unspecified atom stereocenters. The van der Waals surface area contributed by atoms with Gasteiger partial charge in [-0.05, 0) is 75.3 Å². The van der Waals surface area contributed by atoms with Crippen LogP contribution in [0.1, 0.15) is 25.0 Å². The van der Waals surface area contributed by atoms with Crippen molar-refractivity contribution in [3.63, 3.8) is 0 Å². The van der Waals surface area contributed by atoms with Gasteiger partial charge in [0.15, 0.2) is 0 Å². The number of carboxylic acids is 1. The first-order valence-corrected chi connectivity index (χ1v) is 8.15. The maximum absolute atomic E-state index is 13.0. The number of carbonyl (C=O) groups is 1. The number of halogens is 1. The van der Waals surface area contributed by atoms with Crippen LogP contribution in [0.4, 0.5) is 4.39 Å². The highest BCUT2D eigenvalue weighted by molar-refractivity contribution is 5.66. The Morgan fingerprint density at radius 2 is 1.92 bits per heavy atom. The van der Waals surface area contributed by atoms with Crippen LogP contribution in [0, 0.1) is 5.82 Å². The van der Waals surface area contributed by atoms with Gasteiger partial charge in [-0.1, -0.05) is 0 Å². The monoisotopic (exact) mass is 333 g/mol. The molecule has 0 fully saturated rings. The van der Waals surface area contributed by atoms with Gasteiger partial charge < -0.3 is 10.0 Å². The first-order chi connectivity index (χ1) is 11.5. The topological polar surface area (TPSA) is 58.4 Å². The molecule has 0 bridgehead atoms. The largest absolute Gasteiger partial charge is 0.481 e. The zero-order valence-electron chi connectivity index (χ0n) is 14.2. The molecule has 1 N–H and O–H groups in total. The van der Waals surface area contributed by atoms with Crippen LogP contribution in [0.15, 0.2) is 30.3 Å². The van der Waals surface area contributed by atoms with Crippen molar-refractivity contribution in [1.82, 2.24) is 14.7 Å². The molecular formula is C18H24FN3O2. The van der Waals surface area contributed by atoms with E-state index < -0.39 is 5.97 Å². The second-order valence-corrected chi connectivity index (χ2v) is 6.06. The minimum atomic E-state index is -0.745. The number of benzene rings is 1. The van der Waals surface area contributed by atoms with Gasteiger partial charge >= 0.3 is 5.97 Å². The number of rotatable bonds is 9. The van der Waals surface area contributed by atoms with Gasteiger partial charge in [-0.25, -0.2) is 4.39 Å². The molecule has 0 saturated heterocycles. The van der Waals surface area contributed by atoms with E-state index in [-0.39, 0.29) is 12.2 Å². The van der Waals surface area contributed by atoms with Crippen molar-refractivity contribution in [2.24, 2.45) is 7.05 Å². The summed E-state index contributed by atoms with van der Waals surface area (Å²) in [6.45, 7) is 1.69. The van der Waals surface area contributed by atoms with E-state index in [4.69, 9.17) is 5.11 Å². The average molecular weight is 333 g/mol. The molecule has 0 atom stereocenters. The van der Waals surface area contributed by atoms with Crippen molar-refractivity contribution in [2.45, 2.75) is 25.7 Å². The highest BCUT2D eigenvalue weighted by Crippen LogP contribution is 2.20. The summed E-state index contributed by atoms with van der Waals surface area (Å²) in [4.78, 5) is 12.6. The summed E-state index contributed by atoms with van der Waals surface area (Å²) in [6.07, 6.45) is 2.71. The second kappa shape index (κ2) is 8.59. The number of aromatic nitrogens is 2. The normalized spacial score (nSPS) is 11.2. The van der Waals surface area contributed by atoms with Crippen molar-refractivity contribution in [3.8, 4) is 11.3 Å². The molecular weight excluding hydrogens is 309 g/mol. The zero-order valence-corrected chi connectivity index (χ0v) is 14.2. The van der Waals surface area contributed by atoms with Crippen molar-refractivity contribution in [3.05, 3.63) is 41.8 Å². The van der Waals surface area contributed by atoms with Crippen molar-refractivity contribution in [1.29, 1.82) is 0 Å². The predicted octanol–water partition coefficient (Wildman–Crippen LogP) is 2.96. The molecule has 6 heteroatoms. The highest BCUT2D eigenvalue weighted by Gasteiger charge is 2.08. The van der Waals surface area contributed by atoms with Crippen molar-refractivity contribution in [2.75, 3.05) is 20.1 Å². The zero-order chi connectivity index (χ0) is 17.5. The molecule has 0 radical (unpaired) electrons. The van der Waals surface area contributed by atoms with E-state index in [1.807, 2.05) is 24.8 Å². The van der Waals surface area contributed by atoms with Crippen LogP contribution < -0.4 is 0 Å². The van der Waals surface area contributed by atoms with Crippen LogP contribution in [0.2, 0.25) is 0 Å². The van der Waals surface area contributed by atoms with Crippen LogP contribution in [0.5, 0.6) is 0 Å². The predicted molar refractivity (Wildman–Crippen MR) is 91.3 cm³/mol. The fourth-order valence-corrected chi connectivity index (χ4v) is 2.68. The summed E-state index contributed by atoms with van der Waals surface area (Å²) >= 11 is 0. The van der Waals surface area contributed by atoms with Gasteiger partial charge in [0, 0.05) is 13.5 Å². The minimum absolute atomic E-state index is 0.214. The number of aliphatic carboxylic acids is 1. The summed E-state index contributed by atoms with van der Waals surface area (Å²) in [5, 5.41) is 13.2. The standard InChI is InChI=1S/C18H24FN3O2/c1-21(12-4-6-18(23)24)11-3-5-16-13-17(22(2)20-16)14-7-9-15(19)10-8-14/h7-10,13H,3-6,11-12H2,1-2H3,(H,23,24). The summed E-state index contributed by atoms with van der Waals surface area (Å²) in [6, 6.07) is 8.46. The molecule has 2 aromatic rings. The molecule has 0 spiro atoms. The third kappa shape index (κ3) is 5.45. The Morgan fingerprint density at radius 1 is 1.25 bits per heavy atom. The van der Waals surface area contributed by atoms with Gasteiger partial charge in [-0.3, -0.25) is 9.48 Å². The first kappa shape index (κ1) is 18.1. The molecule has 1 heterocycles. The lowest BCUT2D eigenvalue weighted by molar-refractivity contribution is -0.137. The third-order valence-electron chi connectivity index (χ3n) is 3.97. The lowest BCUT2D eigenvalue weighted by Crippen LogP contribution is -2.22. The van der Waals surface area contributed by atoms with Crippen LogP contribution in [0.3, 0.4) is 0 Å². The van der Waals surface area contributed by atoms with Crippen LogP contribution in [-0.2, 0) is 18.3 Å². The van der Waals surface area contributed by atoms with Gasteiger partial charge in [0.25, 0.3) is 0 Å². The Bertz CT molecular complexity index is 667. The molecule has 130 valence electrons. The van der Waals surface area contributed by atoms with Gasteiger partial charge in [0.1, 0.15) is 5.82 Å². The second-order valence-electron chi connectivity index (χ2n) is 6.06. The summed E-state index contributed by atoms with van der Waals surface area (Å²) < 4.78 is 14.8. The van der Waals surface area contributed by atoms with E-state index in [2.05, 4.69) is 10.00 Å². The summed E-state index contributed by atoms with van der Waals surface area (Å²) in [5.41, 5.74) is 2.93. The van der Waals surface area contributed by atoms with Gasteiger partial charge in [0.2, 0.25) is 0 Å². The highest BCUT2D eigenvalue weighted by atomic mass is 19.1. The van der Waals surface area contributed by atoms with E-state index in [1.54, 1.807) is 12.1 Å². The maximum atomic E-state index is 13.0. The van der Waals surface area contributed by atoms with Gasteiger partial charge in [-0.15, -0.1) is 0 Å². The molecule has 0 aliphatic rings. The smallest absolute Gasteiger partial charge is 0.303 e. The Morgan fingerprint density at radius 3 is 2.58 bits per heavy atom. The Labute approximate surface area is 141 Å². The molecule has 24 heavy (non-hydrogen) atoms. The lowest BCUT2D eigenvalue weighted by atomic mass is 10.1. The Kier molecular flexibility index (Phi) is 6.49. The SMILES string of the molecule is CN(CCCC(=O)O)CCCc1cc(-c2ccc(F)cc2)n(C)n1. The third-order valence-corrected chi connectivity index (χ3v) is 3.97. The van der Waals surface area contributed by atoms with E-state index >= 15 is 0 Å². The van der Waals surface area contributed by atoms with Crippen LogP contribution >= 0.6 is 0 Å². The number of aryl methyl sites for hydroxylation is 2. The Balaban J connectivity index is 1.82. The number of hydrogen-bond acceptors (Lipinski definition) is 3. The van der Waals surface area contributed by atoms with Gasteiger partial charge in [0.05, 0.1) is 11.4 Å². The quantitative estimate of drug-likeness (QED) is 0.766. The maximum Gasteiger partial charge on any atom is 0.303 e. The minimum Gasteiger partial charge on any atom is -0.481 e. The van der Waals surface area contributed by atoms with Crippen LogP contribution in [0.25, 0.3) is 11.3 Å². The fraction of sp³-hybridized carbons (Fsp3) is 0.444. The molecule has 1 aromatic carbocycles. The molecule has 0 aliphatic carbocycles. The molecule has 5 nitrogen and oxygen atoms in total. The average Bonchev–Trinajstić information content (AvgIpc) is 2.88. The van der Waals surface area contributed by atoms with E-state index in [0.717, 1.165) is 42.9 Å². The molecule has 1 aromatic heterocycles. The van der Waals surface area contributed by atoms with Crippen molar-refractivity contribution < 1.29 is 14.3 Å². The van der Waals surface area contributed by atoms with Gasteiger partial charge in [-0.2, -0.15) is 5.10 Å². The summed E-state index contributed by atoms with van der Waals surface area (Å²) in [5.74, 6) is -0.989. The van der Waals surface area contributed by atoms with E-state index in [0.29, 0.717) is 6.42 Å². The lowest BCUT2D eigenvalue weighted by Gasteiger charge is -2.15. The van der Waals surface area contributed by atoms with E-state index in [1.165, 1.54) is 12.1 Å². The van der Waals surface area contributed by atoms with E-state index in [9.17, 15) is 9.18 Å². The Hall–Kier alpha value is -2.21. The molecule has 2 rings (SSSR count). The first-order valence-electron chi connectivity index (χ1n) is 8.15. The number of carboxylic acid groups (broad SMARTS) is 1. The summed E-state index contributed by atoms with van der Waals surface area (Å²) in [7, 11) is 3.89. The number of nitrogens with zero attached hydrogens (tertiary/aromatic N) is 3.